The van der Waals surface area contributed by atoms with Crippen molar-refractivity contribution in [3.63, 3.8) is 0 Å². The topological polar surface area (TPSA) is 59.5 Å². The normalized spacial score (nSPS) is 19.5. The van der Waals surface area contributed by atoms with Gasteiger partial charge in [-0.3, -0.25) is 0 Å². The molecule has 1 atom stereocenters. The highest BCUT2D eigenvalue weighted by molar-refractivity contribution is 7.89. The number of aryl methyl sites for hydroxylation is 2. The van der Waals surface area contributed by atoms with Gasteiger partial charge in [0.05, 0.1) is 11.4 Å². The fourth-order valence-corrected chi connectivity index (χ4v) is 4.57. The molecule has 3 rings (SSSR count). The van der Waals surface area contributed by atoms with Crippen LogP contribution in [0.4, 0.5) is 0 Å². The van der Waals surface area contributed by atoms with Crippen molar-refractivity contribution in [1.82, 2.24) is 9.29 Å². The van der Waals surface area contributed by atoms with Gasteiger partial charge in [0.2, 0.25) is 10.0 Å². The van der Waals surface area contributed by atoms with Gasteiger partial charge in [-0.15, -0.1) is 0 Å². The molecule has 1 aromatic carbocycles. The van der Waals surface area contributed by atoms with Crippen molar-refractivity contribution in [2.24, 2.45) is 0 Å². The summed E-state index contributed by atoms with van der Waals surface area (Å²) in [5.41, 5.74) is 2.07. The standard InChI is InChI=1S/C15H18N2O3S2/c1-11-3-4-14(9-12(11)2)22(18,19)17-7-5-13(10-17)20-15-16-6-8-21-15/h3-4,6,8-9,13H,5,7,10H2,1-2H3. The van der Waals surface area contributed by atoms with E-state index in [2.05, 4.69) is 4.98 Å². The maximum Gasteiger partial charge on any atom is 0.273 e. The first kappa shape index (κ1) is 15.5. The van der Waals surface area contributed by atoms with E-state index in [1.807, 2.05) is 25.3 Å². The molecule has 0 radical (unpaired) electrons. The van der Waals surface area contributed by atoms with Crippen molar-refractivity contribution in [3.05, 3.63) is 40.9 Å². The molecule has 0 spiro atoms. The van der Waals surface area contributed by atoms with Gasteiger partial charge in [-0.05, 0) is 43.5 Å². The molecule has 1 aromatic heterocycles. The molecule has 5 nitrogen and oxygen atoms in total. The van der Waals surface area contributed by atoms with Gasteiger partial charge in [-0.1, -0.05) is 17.4 Å². The van der Waals surface area contributed by atoms with E-state index in [9.17, 15) is 8.42 Å². The summed E-state index contributed by atoms with van der Waals surface area (Å²) in [6.07, 6.45) is 2.23. The Bertz CT molecular complexity index is 757. The average molecular weight is 338 g/mol. The van der Waals surface area contributed by atoms with Crippen molar-refractivity contribution < 1.29 is 13.2 Å². The Morgan fingerprint density at radius 3 is 2.82 bits per heavy atom. The zero-order valence-electron chi connectivity index (χ0n) is 12.5. The zero-order chi connectivity index (χ0) is 15.7. The van der Waals surface area contributed by atoms with Gasteiger partial charge < -0.3 is 4.74 Å². The summed E-state index contributed by atoms with van der Waals surface area (Å²) in [5, 5.41) is 2.43. The summed E-state index contributed by atoms with van der Waals surface area (Å²) in [4.78, 5) is 4.43. The molecule has 118 valence electrons. The minimum atomic E-state index is -3.45. The molecule has 1 fully saturated rings. The van der Waals surface area contributed by atoms with Crippen LogP contribution in [-0.2, 0) is 10.0 Å². The molecule has 0 saturated carbocycles. The molecule has 0 aliphatic carbocycles. The average Bonchev–Trinajstić information content (AvgIpc) is 3.14. The molecule has 2 aromatic rings. The van der Waals surface area contributed by atoms with Gasteiger partial charge in [-0.25, -0.2) is 13.4 Å². The van der Waals surface area contributed by atoms with E-state index < -0.39 is 10.0 Å². The Morgan fingerprint density at radius 2 is 2.14 bits per heavy atom. The molecule has 0 amide bonds. The summed E-state index contributed by atoms with van der Waals surface area (Å²) in [6.45, 7) is 4.74. The van der Waals surface area contributed by atoms with Crippen LogP contribution in [0.3, 0.4) is 0 Å². The second-order valence-electron chi connectivity index (χ2n) is 5.44. The van der Waals surface area contributed by atoms with Gasteiger partial charge in [0.25, 0.3) is 5.19 Å². The van der Waals surface area contributed by atoms with Crippen LogP contribution in [0.5, 0.6) is 5.19 Å². The van der Waals surface area contributed by atoms with Crippen molar-refractivity contribution in [2.45, 2.75) is 31.3 Å². The fourth-order valence-electron chi connectivity index (χ4n) is 2.45. The highest BCUT2D eigenvalue weighted by Crippen LogP contribution is 2.26. The van der Waals surface area contributed by atoms with Gasteiger partial charge in [0, 0.05) is 18.1 Å². The Balaban J connectivity index is 1.74. The third-order valence-corrected chi connectivity index (χ3v) is 6.42. The number of ether oxygens (including phenoxy) is 1. The summed E-state index contributed by atoms with van der Waals surface area (Å²) < 4.78 is 32.6. The van der Waals surface area contributed by atoms with Crippen LogP contribution >= 0.6 is 11.3 Å². The largest absolute Gasteiger partial charge is 0.465 e. The Hall–Kier alpha value is -1.44. The Morgan fingerprint density at radius 1 is 1.32 bits per heavy atom. The third kappa shape index (κ3) is 3.02. The monoisotopic (exact) mass is 338 g/mol. The maximum atomic E-state index is 12.7. The number of thiazole rings is 1. The van der Waals surface area contributed by atoms with Crippen molar-refractivity contribution in [2.75, 3.05) is 13.1 Å². The van der Waals surface area contributed by atoms with E-state index in [0.717, 1.165) is 11.1 Å². The molecule has 7 heteroatoms. The third-order valence-electron chi connectivity index (χ3n) is 3.90. The van der Waals surface area contributed by atoms with E-state index in [4.69, 9.17) is 4.74 Å². The minimum Gasteiger partial charge on any atom is -0.465 e. The predicted molar refractivity (Wildman–Crippen MR) is 85.8 cm³/mol. The summed E-state index contributed by atoms with van der Waals surface area (Å²) >= 11 is 1.42. The second-order valence-corrected chi connectivity index (χ2v) is 8.23. The number of rotatable bonds is 4. The number of hydrogen-bond acceptors (Lipinski definition) is 5. The number of hydrogen-bond donors (Lipinski definition) is 0. The quantitative estimate of drug-likeness (QED) is 0.860. The molecule has 2 heterocycles. The van der Waals surface area contributed by atoms with Crippen LogP contribution in [-0.4, -0.2) is 36.9 Å². The lowest BCUT2D eigenvalue weighted by Gasteiger charge is -2.17. The van der Waals surface area contributed by atoms with Crippen molar-refractivity contribution >= 4 is 21.4 Å². The van der Waals surface area contributed by atoms with Crippen LogP contribution in [0.2, 0.25) is 0 Å². The van der Waals surface area contributed by atoms with E-state index in [1.165, 1.54) is 15.6 Å². The fraction of sp³-hybridized carbons (Fsp3) is 0.400. The van der Waals surface area contributed by atoms with Crippen molar-refractivity contribution in [3.8, 4) is 5.19 Å². The number of benzene rings is 1. The van der Waals surface area contributed by atoms with E-state index >= 15 is 0 Å². The first-order valence-corrected chi connectivity index (χ1v) is 9.42. The lowest BCUT2D eigenvalue weighted by molar-refractivity contribution is 0.214. The first-order valence-electron chi connectivity index (χ1n) is 7.10. The van der Waals surface area contributed by atoms with E-state index in [0.29, 0.717) is 29.6 Å². The Kier molecular flexibility index (Phi) is 4.20. The van der Waals surface area contributed by atoms with Crippen molar-refractivity contribution in [1.29, 1.82) is 0 Å². The molecule has 0 bridgehead atoms. The molecule has 1 aliphatic rings. The number of sulfonamides is 1. The number of aromatic nitrogens is 1. The molecular formula is C15H18N2O3S2. The van der Waals surface area contributed by atoms with Crippen LogP contribution < -0.4 is 4.74 Å². The van der Waals surface area contributed by atoms with E-state index in [-0.39, 0.29) is 6.10 Å². The second kappa shape index (κ2) is 5.98. The minimum absolute atomic E-state index is 0.132. The van der Waals surface area contributed by atoms with Gasteiger partial charge in [0.15, 0.2) is 0 Å². The zero-order valence-corrected chi connectivity index (χ0v) is 14.2. The van der Waals surface area contributed by atoms with Crippen LogP contribution in [0.15, 0.2) is 34.7 Å². The lowest BCUT2D eigenvalue weighted by atomic mass is 10.1. The summed E-state index contributed by atoms with van der Waals surface area (Å²) in [7, 11) is -3.45. The van der Waals surface area contributed by atoms with Gasteiger partial charge in [0.1, 0.15) is 6.10 Å². The SMILES string of the molecule is Cc1ccc(S(=O)(=O)N2CCC(Oc3nccs3)C2)cc1C. The molecule has 1 saturated heterocycles. The Labute approximate surface area is 134 Å². The highest BCUT2D eigenvalue weighted by Gasteiger charge is 2.34. The van der Waals surface area contributed by atoms with Crippen LogP contribution in [0, 0.1) is 13.8 Å². The summed E-state index contributed by atoms with van der Waals surface area (Å²) in [6, 6.07) is 5.26. The smallest absolute Gasteiger partial charge is 0.273 e. The molecule has 0 N–H and O–H groups in total. The molecule has 1 unspecified atom stereocenters. The van der Waals surface area contributed by atoms with Gasteiger partial charge >= 0.3 is 0 Å². The maximum absolute atomic E-state index is 12.7. The molecule has 22 heavy (non-hydrogen) atoms. The highest BCUT2D eigenvalue weighted by atomic mass is 32.2. The molecule has 1 aliphatic heterocycles. The number of nitrogens with zero attached hydrogens (tertiary/aromatic N) is 2. The van der Waals surface area contributed by atoms with Crippen LogP contribution in [0.1, 0.15) is 17.5 Å². The van der Waals surface area contributed by atoms with E-state index in [1.54, 1.807) is 18.3 Å². The predicted octanol–water partition coefficient (Wildman–Crippen LogP) is 2.60. The van der Waals surface area contributed by atoms with Crippen LogP contribution in [0.25, 0.3) is 0 Å². The molecular weight excluding hydrogens is 320 g/mol. The lowest BCUT2D eigenvalue weighted by Crippen LogP contribution is -2.31. The van der Waals surface area contributed by atoms with Gasteiger partial charge in [-0.2, -0.15) is 4.31 Å². The summed E-state index contributed by atoms with van der Waals surface area (Å²) in [5.74, 6) is 0. The first-order chi connectivity index (χ1) is 10.5.